The van der Waals surface area contributed by atoms with Crippen molar-refractivity contribution in [3.63, 3.8) is 0 Å². The van der Waals surface area contributed by atoms with E-state index in [1.807, 2.05) is 13.8 Å². The first kappa shape index (κ1) is 14.9. The second-order valence-corrected chi connectivity index (χ2v) is 4.62. The van der Waals surface area contributed by atoms with Crippen LogP contribution in [-0.2, 0) is 4.79 Å². The van der Waals surface area contributed by atoms with Crippen molar-refractivity contribution in [2.24, 2.45) is 0 Å². The number of anilines is 1. The van der Waals surface area contributed by atoms with Crippen molar-refractivity contribution in [3.8, 4) is 0 Å². The summed E-state index contributed by atoms with van der Waals surface area (Å²) in [5, 5.41) is 2.65. The summed E-state index contributed by atoms with van der Waals surface area (Å²) in [5.74, 6) is -1.53. The van der Waals surface area contributed by atoms with Gasteiger partial charge in [-0.1, -0.05) is 0 Å². The normalized spacial score (nSPS) is 10.4. The Kier molecular flexibility index (Phi) is 4.86. The number of hydrogen-bond acceptors (Lipinski definition) is 3. The molecule has 0 fully saturated rings. The summed E-state index contributed by atoms with van der Waals surface area (Å²) in [5.41, 5.74) is 5.67. The highest BCUT2D eigenvalue weighted by Crippen LogP contribution is 2.13. The van der Waals surface area contributed by atoms with Crippen molar-refractivity contribution in [2.45, 2.75) is 19.9 Å². The van der Waals surface area contributed by atoms with Crippen molar-refractivity contribution >= 4 is 17.5 Å². The third-order valence-electron chi connectivity index (χ3n) is 2.40. The minimum atomic E-state index is -0.657. The minimum Gasteiger partial charge on any atom is -0.399 e. The molecule has 19 heavy (non-hydrogen) atoms. The molecule has 104 valence electrons. The molecule has 3 N–H and O–H groups in total. The molecule has 1 rings (SSSR count). The molecule has 0 atom stereocenters. The van der Waals surface area contributed by atoms with E-state index < -0.39 is 11.7 Å². The molecule has 2 amide bonds. The highest BCUT2D eigenvalue weighted by atomic mass is 19.1. The maximum atomic E-state index is 13.5. The number of carbonyl (C=O) groups excluding carboxylic acids is 2. The fraction of sp³-hybridized carbons (Fsp3) is 0.385. The standard InChI is InChI=1S/C13H18FN3O2/c1-8(2)16-12(18)7-17(3)13(19)10-6-9(15)4-5-11(10)14/h4-6,8H,7,15H2,1-3H3,(H,16,18). The molecular weight excluding hydrogens is 249 g/mol. The smallest absolute Gasteiger partial charge is 0.257 e. The Balaban J connectivity index is 2.77. The number of amides is 2. The van der Waals surface area contributed by atoms with E-state index in [9.17, 15) is 14.0 Å². The van der Waals surface area contributed by atoms with Gasteiger partial charge in [-0.25, -0.2) is 4.39 Å². The van der Waals surface area contributed by atoms with Crippen molar-refractivity contribution in [2.75, 3.05) is 19.3 Å². The third-order valence-corrected chi connectivity index (χ3v) is 2.40. The molecule has 0 heterocycles. The maximum absolute atomic E-state index is 13.5. The van der Waals surface area contributed by atoms with E-state index in [2.05, 4.69) is 5.32 Å². The van der Waals surface area contributed by atoms with Gasteiger partial charge in [0, 0.05) is 18.8 Å². The zero-order chi connectivity index (χ0) is 14.6. The number of nitrogen functional groups attached to an aromatic ring is 1. The van der Waals surface area contributed by atoms with Crippen LogP contribution in [-0.4, -0.2) is 36.3 Å². The molecule has 0 aliphatic carbocycles. The molecule has 0 aliphatic rings. The molecule has 0 aromatic heterocycles. The quantitative estimate of drug-likeness (QED) is 0.799. The Labute approximate surface area is 111 Å². The number of nitrogens with two attached hydrogens (primary N) is 1. The van der Waals surface area contributed by atoms with E-state index >= 15 is 0 Å². The zero-order valence-electron chi connectivity index (χ0n) is 11.2. The van der Waals surface area contributed by atoms with Crippen LogP contribution in [0, 0.1) is 5.82 Å². The molecule has 0 unspecified atom stereocenters. The predicted molar refractivity (Wildman–Crippen MR) is 71.1 cm³/mol. The Morgan fingerprint density at radius 3 is 2.63 bits per heavy atom. The average Bonchev–Trinajstić information content (AvgIpc) is 2.30. The minimum absolute atomic E-state index is 0.0138. The molecule has 6 heteroatoms. The average molecular weight is 267 g/mol. The number of hydrogen-bond donors (Lipinski definition) is 2. The van der Waals surface area contributed by atoms with Gasteiger partial charge < -0.3 is 16.0 Å². The van der Waals surface area contributed by atoms with Crippen LogP contribution >= 0.6 is 0 Å². The number of likely N-dealkylation sites (N-methyl/N-ethyl adjacent to an activating group) is 1. The van der Waals surface area contributed by atoms with Crippen molar-refractivity contribution < 1.29 is 14.0 Å². The van der Waals surface area contributed by atoms with Gasteiger partial charge in [-0.3, -0.25) is 9.59 Å². The number of halogens is 1. The molecule has 0 radical (unpaired) electrons. The van der Waals surface area contributed by atoms with Crippen molar-refractivity contribution in [1.29, 1.82) is 0 Å². The summed E-state index contributed by atoms with van der Waals surface area (Å²) in [6, 6.07) is 3.75. The molecular formula is C13H18FN3O2. The number of benzene rings is 1. The number of nitrogens with one attached hydrogen (secondary N) is 1. The summed E-state index contributed by atoms with van der Waals surface area (Å²) in [6.45, 7) is 3.50. The van der Waals surface area contributed by atoms with E-state index in [0.717, 1.165) is 11.0 Å². The van der Waals surface area contributed by atoms with E-state index in [4.69, 9.17) is 5.73 Å². The number of carbonyl (C=O) groups is 2. The van der Waals surface area contributed by atoms with Gasteiger partial charge in [0.1, 0.15) is 5.82 Å². The van der Waals surface area contributed by atoms with Gasteiger partial charge in [-0.05, 0) is 32.0 Å². The lowest BCUT2D eigenvalue weighted by molar-refractivity contribution is -0.122. The first-order valence-corrected chi connectivity index (χ1v) is 5.91. The summed E-state index contributed by atoms with van der Waals surface area (Å²) in [7, 11) is 1.44. The van der Waals surface area contributed by atoms with Gasteiger partial charge in [0.15, 0.2) is 0 Å². The first-order valence-electron chi connectivity index (χ1n) is 5.91. The molecule has 0 aliphatic heterocycles. The van der Waals surface area contributed by atoms with Crippen molar-refractivity contribution in [1.82, 2.24) is 10.2 Å². The first-order chi connectivity index (χ1) is 8.81. The largest absolute Gasteiger partial charge is 0.399 e. The Bertz CT molecular complexity index is 489. The molecule has 1 aromatic carbocycles. The molecule has 0 bridgehead atoms. The summed E-state index contributed by atoms with van der Waals surface area (Å²) in [6.07, 6.45) is 0. The van der Waals surface area contributed by atoms with Crippen LogP contribution in [0.3, 0.4) is 0 Å². The van der Waals surface area contributed by atoms with E-state index in [0.29, 0.717) is 5.69 Å². The van der Waals surface area contributed by atoms with Crippen LogP contribution < -0.4 is 11.1 Å². The van der Waals surface area contributed by atoms with Crippen molar-refractivity contribution in [3.05, 3.63) is 29.6 Å². The number of nitrogens with zero attached hydrogens (tertiary/aromatic N) is 1. The Morgan fingerprint density at radius 2 is 2.05 bits per heavy atom. The monoisotopic (exact) mass is 267 g/mol. The van der Waals surface area contributed by atoms with E-state index in [1.165, 1.54) is 19.2 Å². The third kappa shape index (κ3) is 4.24. The summed E-state index contributed by atoms with van der Waals surface area (Å²) < 4.78 is 13.5. The lowest BCUT2D eigenvalue weighted by Gasteiger charge is -2.18. The molecule has 0 saturated heterocycles. The van der Waals surface area contributed by atoms with Gasteiger partial charge >= 0.3 is 0 Å². The lowest BCUT2D eigenvalue weighted by atomic mass is 10.1. The van der Waals surface area contributed by atoms with E-state index in [-0.39, 0.29) is 24.1 Å². The van der Waals surface area contributed by atoms with Gasteiger partial charge in [-0.15, -0.1) is 0 Å². The molecule has 0 spiro atoms. The second-order valence-electron chi connectivity index (χ2n) is 4.62. The topological polar surface area (TPSA) is 75.4 Å². The lowest BCUT2D eigenvalue weighted by Crippen LogP contribution is -2.41. The molecule has 1 aromatic rings. The van der Waals surface area contributed by atoms with Gasteiger partial charge in [0.25, 0.3) is 5.91 Å². The van der Waals surface area contributed by atoms with Crippen LogP contribution in [0.5, 0.6) is 0 Å². The number of rotatable bonds is 4. The zero-order valence-corrected chi connectivity index (χ0v) is 11.2. The highest BCUT2D eigenvalue weighted by molar-refractivity contribution is 5.97. The Hall–Kier alpha value is -2.11. The van der Waals surface area contributed by atoms with E-state index in [1.54, 1.807) is 0 Å². The van der Waals surface area contributed by atoms with Gasteiger partial charge in [-0.2, -0.15) is 0 Å². The van der Waals surface area contributed by atoms with Crippen LogP contribution in [0.1, 0.15) is 24.2 Å². The second kappa shape index (κ2) is 6.17. The van der Waals surface area contributed by atoms with Crippen LogP contribution in [0.2, 0.25) is 0 Å². The van der Waals surface area contributed by atoms with Gasteiger partial charge in [0.05, 0.1) is 12.1 Å². The van der Waals surface area contributed by atoms with Crippen LogP contribution in [0.15, 0.2) is 18.2 Å². The molecule has 0 saturated carbocycles. The predicted octanol–water partition coefficient (Wildman–Crippen LogP) is 1.00. The summed E-state index contributed by atoms with van der Waals surface area (Å²) >= 11 is 0. The maximum Gasteiger partial charge on any atom is 0.257 e. The summed E-state index contributed by atoms with van der Waals surface area (Å²) in [4.78, 5) is 24.7. The van der Waals surface area contributed by atoms with Crippen LogP contribution in [0.25, 0.3) is 0 Å². The fourth-order valence-corrected chi connectivity index (χ4v) is 1.57. The fourth-order valence-electron chi connectivity index (χ4n) is 1.57. The highest BCUT2D eigenvalue weighted by Gasteiger charge is 2.18. The van der Waals surface area contributed by atoms with Gasteiger partial charge in [0.2, 0.25) is 5.91 Å². The Morgan fingerprint density at radius 1 is 1.42 bits per heavy atom. The SMILES string of the molecule is CC(C)NC(=O)CN(C)C(=O)c1cc(N)ccc1F. The van der Waals surface area contributed by atoms with Crippen LogP contribution in [0.4, 0.5) is 10.1 Å². The molecule has 5 nitrogen and oxygen atoms in total.